The molecule has 0 saturated carbocycles. The van der Waals surface area contributed by atoms with Crippen LogP contribution in [0, 0.1) is 6.92 Å². The topological polar surface area (TPSA) is 93.8 Å². The fourth-order valence-corrected chi connectivity index (χ4v) is 4.38. The lowest BCUT2D eigenvalue weighted by molar-refractivity contribution is 0.659. The summed E-state index contributed by atoms with van der Waals surface area (Å²) < 4.78 is 3.16. The highest BCUT2D eigenvalue weighted by Gasteiger charge is 2.18. The molecule has 0 bridgehead atoms. The molecule has 4 heterocycles. The van der Waals surface area contributed by atoms with Gasteiger partial charge in [-0.15, -0.1) is 10.2 Å². The Balaban J connectivity index is 1.40. The van der Waals surface area contributed by atoms with Gasteiger partial charge in [0.1, 0.15) is 6.33 Å². The predicted molar refractivity (Wildman–Crippen MR) is 128 cm³/mol. The average molecular weight is 456 g/mol. The Morgan fingerprint density at radius 3 is 2.70 bits per heavy atom. The number of H-pyrrole nitrogens is 1. The van der Waals surface area contributed by atoms with Crippen LogP contribution in [0.5, 0.6) is 0 Å². The molecule has 6 aromatic rings. The number of aromatic amines is 1. The first-order chi connectivity index (χ1) is 16.1. The first-order valence-corrected chi connectivity index (χ1v) is 10.9. The lowest BCUT2D eigenvalue weighted by Gasteiger charge is -2.06. The van der Waals surface area contributed by atoms with Gasteiger partial charge in [0, 0.05) is 28.7 Å². The maximum atomic E-state index is 13.2. The first-order valence-electron chi connectivity index (χ1n) is 10.5. The Morgan fingerprint density at radius 1 is 1.03 bits per heavy atom. The minimum absolute atomic E-state index is 0.189. The number of benzene rings is 2. The van der Waals surface area contributed by atoms with Gasteiger partial charge in [0.2, 0.25) is 0 Å². The molecule has 0 radical (unpaired) electrons. The highest BCUT2D eigenvalue weighted by molar-refractivity contribution is 6.30. The smallest absolute Gasteiger partial charge is 0.283 e. The maximum absolute atomic E-state index is 13.2. The molecular formula is C24H18ClN7O. The van der Waals surface area contributed by atoms with E-state index in [9.17, 15) is 4.79 Å². The van der Waals surface area contributed by atoms with Gasteiger partial charge in [0.05, 0.1) is 11.3 Å². The molecule has 0 aliphatic heterocycles. The fourth-order valence-electron chi connectivity index (χ4n) is 4.26. The zero-order chi connectivity index (χ0) is 22.5. The van der Waals surface area contributed by atoms with Crippen LogP contribution in [0.25, 0.3) is 38.8 Å². The van der Waals surface area contributed by atoms with Crippen LogP contribution in [-0.4, -0.2) is 34.3 Å². The summed E-state index contributed by atoms with van der Waals surface area (Å²) in [6.45, 7) is 2.38. The monoisotopic (exact) mass is 455 g/mol. The zero-order valence-corrected chi connectivity index (χ0v) is 18.4. The largest absolute Gasteiger partial charge is 0.361 e. The molecule has 0 unspecified atom stereocenters. The summed E-state index contributed by atoms with van der Waals surface area (Å²) in [6.07, 6.45) is 4.23. The van der Waals surface area contributed by atoms with Crippen molar-refractivity contribution in [3.05, 3.63) is 87.7 Å². The van der Waals surface area contributed by atoms with Gasteiger partial charge in [-0.25, -0.2) is 4.98 Å². The summed E-state index contributed by atoms with van der Waals surface area (Å²) in [5, 5.41) is 15.0. The van der Waals surface area contributed by atoms with Crippen LogP contribution in [0.15, 0.2) is 65.8 Å². The summed E-state index contributed by atoms with van der Waals surface area (Å²) >= 11 is 6.03. The Hall–Kier alpha value is -4.04. The van der Waals surface area contributed by atoms with E-state index in [1.54, 1.807) is 15.4 Å². The van der Waals surface area contributed by atoms with Crippen molar-refractivity contribution in [3.8, 4) is 11.1 Å². The number of nitrogens with zero attached hydrogens (tertiary/aromatic N) is 6. The van der Waals surface area contributed by atoms with Crippen molar-refractivity contribution in [3.63, 3.8) is 0 Å². The molecule has 9 heteroatoms. The average Bonchev–Trinajstić information content (AvgIpc) is 3.39. The van der Waals surface area contributed by atoms with E-state index < -0.39 is 0 Å². The van der Waals surface area contributed by atoms with Crippen LogP contribution in [0.4, 0.5) is 0 Å². The Kier molecular flexibility index (Phi) is 4.48. The van der Waals surface area contributed by atoms with E-state index >= 15 is 0 Å². The van der Waals surface area contributed by atoms with Crippen LogP contribution < -0.4 is 5.56 Å². The van der Waals surface area contributed by atoms with Crippen LogP contribution in [0.3, 0.4) is 0 Å². The van der Waals surface area contributed by atoms with Crippen LogP contribution in [0.1, 0.15) is 11.3 Å². The molecule has 0 amide bonds. The van der Waals surface area contributed by atoms with E-state index in [0.29, 0.717) is 29.3 Å². The SMILES string of the molecule is Cc1nn2c(nnc3c(=O)n(CCc4c[nH]c5ccccc45)cnc32)c1-c1ccc(Cl)cc1. The fraction of sp³-hybridized carbons (Fsp3) is 0.125. The highest BCUT2D eigenvalue weighted by Crippen LogP contribution is 2.28. The molecule has 0 aliphatic carbocycles. The molecule has 0 aliphatic rings. The van der Waals surface area contributed by atoms with Gasteiger partial charge in [-0.3, -0.25) is 9.36 Å². The quantitative estimate of drug-likeness (QED) is 0.430. The number of nitrogens with one attached hydrogen (secondary N) is 1. The normalized spacial score (nSPS) is 11.7. The molecule has 6 rings (SSSR count). The summed E-state index contributed by atoms with van der Waals surface area (Å²) in [7, 11) is 0. The second kappa shape index (κ2) is 7.53. The van der Waals surface area contributed by atoms with Crippen LogP contribution >= 0.6 is 11.6 Å². The lowest BCUT2D eigenvalue weighted by Crippen LogP contribution is -2.23. The van der Waals surface area contributed by atoms with Crippen LogP contribution in [-0.2, 0) is 13.0 Å². The van der Waals surface area contributed by atoms with E-state index in [0.717, 1.165) is 33.3 Å². The van der Waals surface area contributed by atoms with Crippen molar-refractivity contribution in [2.45, 2.75) is 19.9 Å². The van der Waals surface area contributed by atoms with E-state index in [1.165, 1.54) is 0 Å². The Bertz CT molecular complexity index is 1710. The minimum atomic E-state index is -0.240. The van der Waals surface area contributed by atoms with Gasteiger partial charge in [-0.2, -0.15) is 9.61 Å². The van der Waals surface area contributed by atoms with Crippen molar-refractivity contribution < 1.29 is 0 Å². The summed E-state index contributed by atoms with van der Waals surface area (Å²) in [5.41, 5.74) is 5.64. The van der Waals surface area contributed by atoms with Crippen molar-refractivity contribution >= 4 is 39.3 Å². The van der Waals surface area contributed by atoms with Gasteiger partial charge in [0.25, 0.3) is 5.56 Å². The number of para-hydroxylation sites is 1. The molecule has 4 aromatic heterocycles. The maximum Gasteiger partial charge on any atom is 0.283 e. The second-order valence-electron chi connectivity index (χ2n) is 7.93. The Morgan fingerprint density at radius 2 is 1.85 bits per heavy atom. The summed E-state index contributed by atoms with van der Waals surface area (Å²) in [4.78, 5) is 20.9. The molecule has 162 valence electrons. The highest BCUT2D eigenvalue weighted by atomic mass is 35.5. The predicted octanol–water partition coefficient (Wildman–Crippen LogP) is 4.19. The van der Waals surface area contributed by atoms with Gasteiger partial charge >= 0.3 is 0 Å². The van der Waals surface area contributed by atoms with Crippen molar-refractivity contribution in [2.24, 2.45) is 0 Å². The minimum Gasteiger partial charge on any atom is -0.361 e. The van der Waals surface area contributed by atoms with Crippen molar-refractivity contribution in [2.75, 3.05) is 0 Å². The van der Waals surface area contributed by atoms with Crippen molar-refractivity contribution in [1.29, 1.82) is 0 Å². The lowest BCUT2D eigenvalue weighted by atomic mass is 10.1. The molecular weight excluding hydrogens is 438 g/mol. The van der Waals surface area contributed by atoms with Crippen molar-refractivity contribution in [1.82, 2.24) is 34.3 Å². The number of fused-ring (bicyclic) bond motifs is 4. The van der Waals surface area contributed by atoms with E-state index in [-0.39, 0.29) is 11.1 Å². The summed E-state index contributed by atoms with van der Waals surface area (Å²) in [6, 6.07) is 15.6. The molecule has 33 heavy (non-hydrogen) atoms. The number of halogens is 1. The van der Waals surface area contributed by atoms with Gasteiger partial charge in [0.15, 0.2) is 16.8 Å². The van der Waals surface area contributed by atoms with Gasteiger partial charge in [-0.1, -0.05) is 41.9 Å². The molecule has 0 saturated heterocycles. The summed E-state index contributed by atoms with van der Waals surface area (Å²) in [5.74, 6) is 0. The molecule has 1 N–H and O–H groups in total. The first kappa shape index (κ1) is 19.6. The van der Waals surface area contributed by atoms with Crippen LogP contribution in [0.2, 0.25) is 5.02 Å². The number of rotatable bonds is 4. The second-order valence-corrected chi connectivity index (χ2v) is 8.36. The molecule has 2 aromatic carbocycles. The van der Waals surface area contributed by atoms with Gasteiger partial charge < -0.3 is 4.98 Å². The number of aryl methyl sites for hydroxylation is 3. The van der Waals surface area contributed by atoms with E-state index in [2.05, 4.69) is 31.3 Å². The zero-order valence-electron chi connectivity index (χ0n) is 17.7. The number of hydrogen-bond donors (Lipinski definition) is 1. The Labute approximate surface area is 192 Å². The standard InChI is InChI=1S/C24H18ClN7O/c1-14-20(15-6-8-17(25)9-7-15)22-29-28-21-23(32(22)30-14)27-13-31(24(21)33)11-10-16-12-26-19-5-3-2-4-18(16)19/h2-9,12-13,26H,10-11H2,1H3. The molecule has 0 atom stereocenters. The molecule has 0 fully saturated rings. The molecule has 0 spiro atoms. The number of hydrogen-bond acceptors (Lipinski definition) is 5. The van der Waals surface area contributed by atoms with E-state index in [1.807, 2.05) is 55.6 Å². The third kappa shape index (κ3) is 3.18. The number of aromatic nitrogens is 7. The van der Waals surface area contributed by atoms with E-state index in [4.69, 9.17) is 11.6 Å². The third-order valence-corrected chi connectivity index (χ3v) is 6.16. The van der Waals surface area contributed by atoms with Gasteiger partial charge in [-0.05, 0) is 42.7 Å². The molecule has 8 nitrogen and oxygen atoms in total. The third-order valence-electron chi connectivity index (χ3n) is 5.91.